The van der Waals surface area contributed by atoms with Crippen LogP contribution >= 0.6 is 8.75 Å². The van der Waals surface area contributed by atoms with Gasteiger partial charge >= 0.3 is 0 Å². The van der Waals surface area contributed by atoms with E-state index in [0.717, 1.165) is 0 Å². The van der Waals surface area contributed by atoms with E-state index in [1.54, 1.807) is 0 Å². The summed E-state index contributed by atoms with van der Waals surface area (Å²) in [5.74, 6) is 0. The zero-order chi connectivity index (χ0) is 7.73. The second kappa shape index (κ2) is 2.10. The molecule has 9 heavy (non-hydrogen) atoms. The highest BCUT2D eigenvalue weighted by atomic mass is 32.3. The largest absolute Gasteiger partial charge is 0.284 e. The minimum absolute atomic E-state index is 1.15. The first-order chi connectivity index (χ1) is 3.67. The Morgan fingerprint density at radius 3 is 1.33 bits per heavy atom. The van der Waals surface area contributed by atoms with Gasteiger partial charge in [-0.15, -0.1) is 0 Å². The lowest BCUT2D eigenvalue weighted by Crippen LogP contribution is -2.16. The lowest BCUT2D eigenvalue weighted by Gasteiger charge is -2.33. The summed E-state index contributed by atoms with van der Waals surface area (Å²) in [5, 5.41) is 0. The van der Waals surface area contributed by atoms with Gasteiger partial charge in [-0.25, -0.2) is 8.75 Å². The van der Waals surface area contributed by atoms with Gasteiger partial charge in [0.05, 0.1) is 0 Å². The Labute approximate surface area is 58.9 Å². The van der Waals surface area contributed by atoms with E-state index in [1.165, 1.54) is 0 Å². The van der Waals surface area contributed by atoms with Crippen LogP contribution in [0, 0.1) is 0 Å². The fourth-order valence-electron chi connectivity index (χ4n) is 0.843. The number of hydrogen-bond donors (Lipinski definition) is 0. The van der Waals surface area contributed by atoms with E-state index in [9.17, 15) is 0 Å². The van der Waals surface area contributed by atoms with E-state index in [4.69, 9.17) is 0 Å². The first-order valence-electron chi connectivity index (χ1n) is 3.02. The van der Waals surface area contributed by atoms with Crippen LogP contribution in [0.2, 0.25) is 0 Å². The summed E-state index contributed by atoms with van der Waals surface area (Å²) in [7, 11) is 3.01. The summed E-state index contributed by atoms with van der Waals surface area (Å²) >= 11 is 0. The predicted molar refractivity (Wildman–Crippen MR) is 51.0 cm³/mol. The Morgan fingerprint density at radius 2 is 1.33 bits per heavy atom. The van der Waals surface area contributed by atoms with Crippen molar-refractivity contribution in [2.45, 2.75) is 0 Å². The van der Waals surface area contributed by atoms with Crippen LogP contribution in [0.25, 0.3) is 0 Å². The van der Waals surface area contributed by atoms with Gasteiger partial charge in [-0.1, -0.05) is 0 Å². The van der Waals surface area contributed by atoms with E-state index >= 15 is 0 Å². The molecule has 0 aliphatic carbocycles. The molecule has 0 atom stereocenters. The summed E-state index contributed by atoms with van der Waals surface area (Å²) in [6, 6.07) is 0. The van der Waals surface area contributed by atoms with Crippen molar-refractivity contribution in [1.82, 2.24) is 4.90 Å². The van der Waals surface area contributed by atoms with Crippen molar-refractivity contribution < 1.29 is 0 Å². The predicted octanol–water partition coefficient (Wildman–Crippen LogP) is 1.17. The first-order valence-corrected chi connectivity index (χ1v) is 6.76. The van der Waals surface area contributed by atoms with E-state index in [0.29, 0.717) is 0 Å². The third-order valence-electron chi connectivity index (χ3n) is 0.632. The zero-order valence-corrected chi connectivity index (χ0v) is 8.25. The summed E-state index contributed by atoms with van der Waals surface area (Å²) in [6.07, 6.45) is 9.27. The van der Waals surface area contributed by atoms with E-state index in [2.05, 4.69) is 49.5 Å². The van der Waals surface area contributed by atoms with E-state index in [-0.39, 0.29) is 0 Å². The highest BCUT2D eigenvalue weighted by molar-refractivity contribution is 8.45. The number of rotatable bonds is 1. The molecule has 1 nitrogen and oxygen atoms in total. The van der Waals surface area contributed by atoms with Gasteiger partial charge in [-0.05, 0) is 44.6 Å². The molecule has 0 aromatic rings. The van der Waals surface area contributed by atoms with Crippen molar-refractivity contribution in [2.24, 2.45) is 0 Å². The van der Waals surface area contributed by atoms with Crippen LogP contribution in [-0.4, -0.2) is 49.5 Å². The maximum atomic E-state index is 2.32. The fraction of sp³-hybridized carbons (Fsp3) is 0.857. The van der Waals surface area contributed by atoms with Gasteiger partial charge in [-0.3, -0.25) is 4.90 Å². The third kappa shape index (κ3) is 8.18. The maximum absolute atomic E-state index is 2.32. The smallest absolute Gasteiger partial charge is 0.00896 e. The average Bonchev–Trinajstić information content (AvgIpc) is 1.16. The van der Waals surface area contributed by atoms with Gasteiger partial charge in [0, 0.05) is 0 Å². The summed E-state index contributed by atoms with van der Waals surface area (Å²) < 4.78 is 0. The topological polar surface area (TPSA) is 3.24 Å². The SMILES string of the molecule is CN(C)C=S(C)(C)(C)C. The van der Waals surface area contributed by atoms with Crippen molar-refractivity contribution in [3.63, 3.8) is 0 Å². The van der Waals surface area contributed by atoms with Crippen molar-refractivity contribution in [3.8, 4) is 0 Å². The average molecular weight is 149 g/mol. The summed E-state index contributed by atoms with van der Waals surface area (Å²) in [5.41, 5.74) is 2.32. The molecule has 0 rings (SSSR count). The molecule has 0 bridgehead atoms. The van der Waals surface area contributed by atoms with Crippen molar-refractivity contribution in [1.29, 1.82) is 0 Å². The number of hydrogen-bond acceptors (Lipinski definition) is 0. The Bertz CT molecular complexity index is 138. The van der Waals surface area contributed by atoms with Crippen LogP contribution in [0.15, 0.2) is 0 Å². The highest BCUT2D eigenvalue weighted by Crippen LogP contribution is 2.41. The molecule has 0 unspecified atom stereocenters. The van der Waals surface area contributed by atoms with Gasteiger partial charge in [0.1, 0.15) is 0 Å². The molecule has 0 saturated heterocycles. The molecular weight excluding hydrogens is 130 g/mol. The van der Waals surface area contributed by atoms with Crippen LogP contribution in [0.3, 0.4) is 0 Å². The van der Waals surface area contributed by atoms with Crippen LogP contribution in [0.4, 0.5) is 0 Å². The van der Waals surface area contributed by atoms with Gasteiger partial charge in [0.15, 0.2) is 0 Å². The van der Waals surface area contributed by atoms with E-state index < -0.39 is 8.75 Å². The first kappa shape index (κ1) is 9.18. The monoisotopic (exact) mass is 149 g/mol. The molecule has 0 amide bonds. The highest BCUT2D eigenvalue weighted by Gasteiger charge is 2.05. The molecule has 0 heterocycles. The standard InChI is InChI=1S/C7H19NS/c1-8(2)7-9(3,4,5)6/h7H,1-6H3. The zero-order valence-electron chi connectivity index (χ0n) is 7.43. The second-order valence-corrected chi connectivity index (χ2v) is 11.5. The normalized spacial score (nSPS) is 17.0. The molecule has 0 N–H and O–H groups in total. The molecule has 0 saturated carbocycles. The Kier molecular flexibility index (Phi) is 2.14. The van der Waals surface area contributed by atoms with Crippen molar-refractivity contribution in [2.75, 3.05) is 39.1 Å². The van der Waals surface area contributed by atoms with Crippen molar-refractivity contribution >= 4 is 14.2 Å². The molecule has 0 fully saturated rings. The van der Waals surface area contributed by atoms with Gasteiger partial charge in [0.25, 0.3) is 0 Å². The minimum Gasteiger partial charge on any atom is -0.284 e. The minimum atomic E-state index is -1.15. The lowest BCUT2D eigenvalue weighted by atomic mass is 11.0. The summed E-state index contributed by atoms with van der Waals surface area (Å²) in [6.45, 7) is 0. The molecule has 58 valence electrons. The molecule has 0 aliphatic heterocycles. The van der Waals surface area contributed by atoms with Gasteiger partial charge < -0.3 is 0 Å². The quantitative estimate of drug-likeness (QED) is 0.506. The van der Waals surface area contributed by atoms with Crippen LogP contribution < -0.4 is 0 Å². The molecule has 0 aromatic carbocycles. The second-order valence-electron chi connectivity index (χ2n) is 4.46. The summed E-state index contributed by atoms with van der Waals surface area (Å²) in [4.78, 5) is 2.14. The van der Waals surface area contributed by atoms with Gasteiger partial charge in [-0.2, -0.15) is 0 Å². The third-order valence-corrected chi connectivity index (χ3v) is 1.90. The lowest BCUT2D eigenvalue weighted by molar-refractivity contribution is 0.653. The van der Waals surface area contributed by atoms with Crippen molar-refractivity contribution in [3.05, 3.63) is 0 Å². The van der Waals surface area contributed by atoms with E-state index in [1.807, 2.05) is 0 Å². The van der Waals surface area contributed by atoms with Gasteiger partial charge in [0.2, 0.25) is 0 Å². The maximum Gasteiger partial charge on any atom is -0.00896 e. The molecule has 0 radical (unpaired) electrons. The fourth-order valence-corrected chi connectivity index (χ4v) is 2.53. The number of nitrogens with zero attached hydrogens (tertiary/aromatic N) is 1. The molecular formula is C7H19NS. The van der Waals surface area contributed by atoms with Crippen LogP contribution in [0.1, 0.15) is 0 Å². The molecule has 2 heteroatoms. The Balaban J connectivity index is 4.51. The van der Waals surface area contributed by atoms with Crippen LogP contribution in [0.5, 0.6) is 0 Å². The Morgan fingerprint density at radius 1 is 1.00 bits per heavy atom. The molecule has 0 aromatic heterocycles. The molecule has 0 spiro atoms. The van der Waals surface area contributed by atoms with Crippen LogP contribution in [-0.2, 0) is 0 Å². The Hall–Kier alpha value is 0.180. The molecule has 0 aliphatic rings.